The van der Waals surface area contributed by atoms with Gasteiger partial charge in [-0.05, 0) is 42.2 Å². The van der Waals surface area contributed by atoms with Crippen molar-refractivity contribution in [1.82, 2.24) is 0 Å². The van der Waals surface area contributed by atoms with Crippen molar-refractivity contribution in [2.24, 2.45) is 0 Å². The molecule has 1 aliphatic rings. The van der Waals surface area contributed by atoms with Crippen LogP contribution in [0.15, 0.2) is 48.5 Å². The molecule has 0 aliphatic carbocycles. The molecule has 0 radical (unpaired) electrons. The lowest BCUT2D eigenvalue weighted by molar-refractivity contribution is 0.199. The number of hydrogen-bond donors (Lipinski definition) is 1. The van der Waals surface area contributed by atoms with Crippen molar-refractivity contribution in [3.63, 3.8) is 0 Å². The van der Waals surface area contributed by atoms with Crippen LogP contribution < -0.4 is 4.90 Å². The van der Waals surface area contributed by atoms with Crippen LogP contribution in [0.3, 0.4) is 0 Å². The molecule has 0 fully saturated rings. The Morgan fingerprint density at radius 2 is 1.68 bits per heavy atom. The third-order valence-electron chi connectivity index (χ3n) is 3.87. The molecule has 0 bridgehead atoms. The number of benzene rings is 2. The van der Waals surface area contributed by atoms with E-state index in [-0.39, 0.29) is 0 Å². The van der Waals surface area contributed by atoms with E-state index >= 15 is 0 Å². The van der Waals surface area contributed by atoms with Crippen molar-refractivity contribution in [3.8, 4) is 0 Å². The first kappa shape index (κ1) is 12.2. The molecule has 1 N–H and O–H groups in total. The highest BCUT2D eigenvalue weighted by Crippen LogP contribution is 2.25. The molecule has 1 aliphatic heterocycles. The molecule has 0 amide bonds. The van der Waals surface area contributed by atoms with Gasteiger partial charge in [-0.15, -0.1) is 0 Å². The second-order valence-corrected chi connectivity index (χ2v) is 5.21. The second-order valence-electron chi connectivity index (χ2n) is 5.21. The average Bonchev–Trinajstić information content (AvgIpc) is 2.47. The Balaban J connectivity index is 1.81. The Kier molecular flexibility index (Phi) is 3.26. The van der Waals surface area contributed by atoms with Gasteiger partial charge < -0.3 is 10.0 Å². The molecular weight excluding hydrogens is 234 g/mol. The van der Waals surface area contributed by atoms with Crippen molar-refractivity contribution in [3.05, 3.63) is 65.2 Å². The van der Waals surface area contributed by atoms with E-state index in [1.165, 1.54) is 16.8 Å². The van der Waals surface area contributed by atoms with Crippen molar-refractivity contribution < 1.29 is 5.11 Å². The molecule has 0 aromatic heterocycles. The Hall–Kier alpha value is -1.80. The third-order valence-corrected chi connectivity index (χ3v) is 3.87. The van der Waals surface area contributed by atoms with Crippen LogP contribution in [0.25, 0.3) is 0 Å². The minimum Gasteiger partial charge on any atom is -0.389 e. The van der Waals surface area contributed by atoms with Crippen LogP contribution in [0.4, 0.5) is 5.69 Å². The van der Waals surface area contributed by atoms with E-state index in [1.807, 2.05) is 12.1 Å². The summed E-state index contributed by atoms with van der Waals surface area (Å²) in [5.41, 5.74) is 5.10. The van der Waals surface area contributed by atoms with Gasteiger partial charge in [0, 0.05) is 18.8 Å². The predicted octanol–water partition coefficient (Wildman–Crippen LogP) is 3.30. The largest absolute Gasteiger partial charge is 0.389 e. The van der Waals surface area contributed by atoms with Crippen LogP contribution in [0, 0.1) is 0 Å². The summed E-state index contributed by atoms with van der Waals surface area (Å²) >= 11 is 0. The average molecular weight is 253 g/mol. The third kappa shape index (κ3) is 2.49. The highest BCUT2D eigenvalue weighted by atomic mass is 16.3. The van der Waals surface area contributed by atoms with Gasteiger partial charge in [-0.25, -0.2) is 0 Å². The molecule has 3 rings (SSSR count). The monoisotopic (exact) mass is 253 g/mol. The van der Waals surface area contributed by atoms with E-state index in [0.29, 0.717) is 0 Å². The molecule has 98 valence electrons. The summed E-state index contributed by atoms with van der Waals surface area (Å²) in [6, 6.07) is 16.9. The van der Waals surface area contributed by atoms with Gasteiger partial charge in [0.25, 0.3) is 0 Å². The van der Waals surface area contributed by atoms with E-state index < -0.39 is 6.10 Å². The van der Waals surface area contributed by atoms with E-state index in [1.54, 1.807) is 6.92 Å². The zero-order valence-corrected chi connectivity index (χ0v) is 11.2. The van der Waals surface area contributed by atoms with Crippen LogP contribution in [0.5, 0.6) is 0 Å². The van der Waals surface area contributed by atoms with Gasteiger partial charge in [0.15, 0.2) is 0 Å². The smallest absolute Gasteiger partial charge is 0.0761 e. The highest BCUT2D eigenvalue weighted by molar-refractivity contribution is 5.50. The molecule has 0 unspecified atom stereocenters. The van der Waals surface area contributed by atoms with E-state index in [0.717, 1.165) is 25.1 Å². The first-order valence-corrected chi connectivity index (χ1v) is 6.84. The maximum atomic E-state index is 9.54. The Morgan fingerprint density at radius 1 is 1.00 bits per heavy atom. The van der Waals surface area contributed by atoms with Gasteiger partial charge in [-0.2, -0.15) is 0 Å². The maximum Gasteiger partial charge on any atom is 0.0761 e. The Labute approximate surface area is 114 Å². The minimum absolute atomic E-state index is 0.392. The zero-order valence-electron chi connectivity index (χ0n) is 11.2. The Morgan fingerprint density at radius 3 is 2.37 bits per heavy atom. The minimum atomic E-state index is -0.392. The lowest BCUT2D eigenvalue weighted by Crippen LogP contribution is -2.30. The lowest BCUT2D eigenvalue weighted by atomic mass is 9.99. The fraction of sp³-hybridized carbons (Fsp3) is 0.294. The predicted molar refractivity (Wildman–Crippen MR) is 78.3 cm³/mol. The van der Waals surface area contributed by atoms with Gasteiger partial charge in [0.05, 0.1) is 6.10 Å². The summed E-state index contributed by atoms with van der Waals surface area (Å²) in [6.07, 6.45) is 0.713. The number of nitrogens with zero attached hydrogens (tertiary/aromatic N) is 1. The highest BCUT2D eigenvalue weighted by Gasteiger charge is 2.15. The molecule has 2 heteroatoms. The number of rotatable bonds is 2. The molecule has 1 heterocycles. The Bertz CT molecular complexity index is 560. The summed E-state index contributed by atoms with van der Waals surface area (Å²) in [6.45, 7) is 3.83. The quantitative estimate of drug-likeness (QED) is 0.887. The molecule has 2 aromatic carbocycles. The van der Waals surface area contributed by atoms with Gasteiger partial charge in [0.1, 0.15) is 0 Å². The summed E-state index contributed by atoms with van der Waals surface area (Å²) < 4.78 is 0. The van der Waals surface area contributed by atoms with Crippen LogP contribution in [-0.2, 0) is 13.0 Å². The van der Waals surface area contributed by atoms with Gasteiger partial charge >= 0.3 is 0 Å². The number of aliphatic hydroxyl groups excluding tert-OH is 1. The first-order chi connectivity index (χ1) is 9.24. The lowest BCUT2D eigenvalue weighted by Gasteiger charge is -2.30. The first-order valence-electron chi connectivity index (χ1n) is 6.84. The molecule has 19 heavy (non-hydrogen) atoms. The normalized spacial score (nSPS) is 16.0. The fourth-order valence-corrected chi connectivity index (χ4v) is 2.68. The molecule has 2 aromatic rings. The zero-order chi connectivity index (χ0) is 13.2. The van der Waals surface area contributed by atoms with Crippen LogP contribution in [0.2, 0.25) is 0 Å². The topological polar surface area (TPSA) is 23.5 Å². The molecule has 0 saturated carbocycles. The summed E-state index contributed by atoms with van der Waals surface area (Å²) in [7, 11) is 0. The fourth-order valence-electron chi connectivity index (χ4n) is 2.68. The summed E-state index contributed by atoms with van der Waals surface area (Å²) in [4.78, 5) is 2.40. The van der Waals surface area contributed by atoms with Gasteiger partial charge in [0.2, 0.25) is 0 Å². The van der Waals surface area contributed by atoms with Crippen LogP contribution >= 0.6 is 0 Å². The maximum absolute atomic E-state index is 9.54. The number of aliphatic hydroxyl groups is 1. The number of fused-ring (bicyclic) bond motifs is 1. The van der Waals surface area contributed by atoms with Crippen molar-refractivity contribution >= 4 is 5.69 Å². The van der Waals surface area contributed by atoms with E-state index in [9.17, 15) is 5.11 Å². The second kappa shape index (κ2) is 5.06. The van der Waals surface area contributed by atoms with Crippen LogP contribution in [-0.4, -0.2) is 11.7 Å². The number of hydrogen-bond acceptors (Lipinski definition) is 2. The molecule has 0 spiro atoms. The van der Waals surface area contributed by atoms with E-state index in [4.69, 9.17) is 0 Å². The summed E-state index contributed by atoms with van der Waals surface area (Å²) in [5.74, 6) is 0. The molecular formula is C17H19NO. The number of anilines is 1. The summed E-state index contributed by atoms with van der Waals surface area (Å²) in [5, 5.41) is 9.54. The van der Waals surface area contributed by atoms with Gasteiger partial charge in [-0.1, -0.05) is 36.4 Å². The molecule has 2 nitrogen and oxygen atoms in total. The molecule has 1 atom stereocenters. The standard InChI is InChI=1S/C17H19NO/c1-13(19)14-6-8-17(9-7-14)18-11-10-15-4-2-3-5-16(15)12-18/h2-9,13,19H,10-12H2,1H3/t13-/m0/s1. The van der Waals surface area contributed by atoms with Gasteiger partial charge in [-0.3, -0.25) is 0 Å². The SMILES string of the molecule is C[C@H](O)c1ccc(N2CCc3ccccc3C2)cc1. The molecule has 0 saturated heterocycles. The van der Waals surface area contributed by atoms with Crippen molar-refractivity contribution in [1.29, 1.82) is 0 Å². The van der Waals surface area contributed by atoms with Crippen molar-refractivity contribution in [2.75, 3.05) is 11.4 Å². The van der Waals surface area contributed by atoms with Crippen molar-refractivity contribution in [2.45, 2.75) is 26.0 Å². The van der Waals surface area contributed by atoms with E-state index in [2.05, 4.69) is 41.3 Å². The van der Waals surface area contributed by atoms with Crippen LogP contribution in [0.1, 0.15) is 29.7 Å².